The molecule has 0 aliphatic carbocycles. The van der Waals surface area contributed by atoms with Gasteiger partial charge in [-0.2, -0.15) is 0 Å². The maximum Gasteiger partial charge on any atom is 0.105 e. The maximum absolute atomic E-state index is 4.75. The summed E-state index contributed by atoms with van der Waals surface area (Å²) >= 11 is 0. The number of amidine groups is 2. The molecule has 0 unspecified atom stereocenters. The second-order valence-electron chi connectivity index (χ2n) is 5.63. The lowest BCUT2D eigenvalue weighted by atomic mass is 10.2. The minimum Gasteiger partial charge on any atom is -0.363 e. The molecule has 2 aliphatic heterocycles. The predicted octanol–water partition coefficient (Wildman–Crippen LogP) is 3.20. The third kappa shape index (κ3) is 2.84. The van der Waals surface area contributed by atoms with Gasteiger partial charge in [-0.05, 0) is 31.0 Å². The lowest BCUT2D eigenvalue weighted by Crippen LogP contribution is -2.18. The smallest absolute Gasteiger partial charge is 0.105 e. The first-order valence-electron chi connectivity index (χ1n) is 7.40. The van der Waals surface area contributed by atoms with Gasteiger partial charge < -0.3 is 9.80 Å². The van der Waals surface area contributed by atoms with Crippen molar-refractivity contribution in [2.45, 2.75) is 25.7 Å². The van der Waals surface area contributed by atoms with Crippen molar-refractivity contribution in [1.82, 2.24) is 9.80 Å². The molecule has 0 spiro atoms. The second kappa shape index (κ2) is 5.65. The van der Waals surface area contributed by atoms with Crippen LogP contribution in [0.1, 0.15) is 25.7 Å². The van der Waals surface area contributed by atoms with Crippen LogP contribution in [-0.2, 0) is 0 Å². The fourth-order valence-electron chi connectivity index (χ4n) is 2.80. The Morgan fingerprint density at radius 2 is 1.35 bits per heavy atom. The van der Waals surface area contributed by atoms with E-state index in [4.69, 9.17) is 9.98 Å². The van der Waals surface area contributed by atoms with E-state index in [9.17, 15) is 0 Å². The van der Waals surface area contributed by atoms with Gasteiger partial charge in [0.25, 0.3) is 0 Å². The number of hydrogen-bond acceptors (Lipinski definition) is 2. The molecule has 4 heteroatoms. The highest BCUT2D eigenvalue weighted by Crippen LogP contribution is 2.24. The van der Waals surface area contributed by atoms with Crippen molar-refractivity contribution in [2.24, 2.45) is 9.98 Å². The maximum atomic E-state index is 4.75. The molecule has 0 bridgehead atoms. The molecule has 2 aliphatic rings. The van der Waals surface area contributed by atoms with Crippen LogP contribution in [0.15, 0.2) is 34.3 Å². The zero-order valence-corrected chi connectivity index (χ0v) is 12.3. The second-order valence-corrected chi connectivity index (χ2v) is 5.63. The SMILES string of the molecule is CN1CCCC1=Nc1cccc(N=C2CCCN2C)c1. The molecule has 106 valence electrons. The van der Waals surface area contributed by atoms with E-state index in [1.54, 1.807) is 0 Å². The number of likely N-dealkylation sites (tertiary alicyclic amines) is 2. The summed E-state index contributed by atoms with van der Waals surface area (Å²) in [5, 5.41) is 0. The van der Waals surface area contributed by atoms with Gasteiger partial charge in [-0.15, -0.1) is 0 Å². The molecule has 1 aromatic rings. The molecular formula is C16H22N4. The third-order valence-corrected chi connectivity index (χ3v) is 4.02. The highest BCUT2D eigenvalue weighted by molar-refractivity contribution is 5.88. The molecule has 20 heavy (non-hydrogen) atoms. The Kier molecular flexibility index (Phi) is 3.72. The van der Waals surface area contributed by atoms with Crippen molar-refractivity contribution in [3.8, 4) is 0 Å². The summed E-state index contributed by atoms with van der Waals surface area (Å²) in [5.41, 5.74) is 2.02. The quantitative estimate of drug-likeness (QED) is 0.826. The monoisotopic (exact) mass is 270 g/mol. The Bertz CT molecular complexity index is 502. The first-order valence-corrected chi connectivity index (χ1v) is 7.40. The largest absolute Gasteiger partial charge is 0.363 e. The summed E-state index contributed by atoms with van der Waals surface area (Å²) in [6.45, 7) is 2.23. The molecule has 1 aromatic carbocycles. The summed E-state index contributed by atoms with van der Waals surface area (Å²) in [6, 6.07) is 8.24. The van der Waals surface area contributed by atoms with Crippen molar-refractivity contribution in [1.29, 1.82) is 0 Å². The first-order chi connectivity index (χ1) is 9.72. The number of hydrogen-bond donors (Lipinski definition) is 0. The van der Waals surface area contributed by atoms with E-state index < -0.39 is 0 Å². The van der Waals surface area contributed by atoms with E-state index in [1.807, 2.05) is 6.07 Å². The Morgan fingerprint density at radius 3 is 1.75 bits per heavy atom. The van der Waals surface area contributed by atoms with Crippen LogP contribution in [-0.4, -0.2) is 48.7 Å². The topological polar surface area (TPSA) is 31.2 Å². The van der Waals surface area contributed by atoms with Crippen molar-refractivity contribution in [2.75, 3.05) is 27.2 Å². The minimum absolute atomic E-state index is 1.01. The average molecular weight is 270 g/mol. The zero-order valence-electron chi connectivity index (χ0n) is 12.3. The standard InChI is InChI=1S/C16H22N4/c1-19-10-4-8-15(19)17-13-6-3-7-14(12-13)18-16-9-5-11-20(16)2/h3,6-7,12H,4-5,8-11H2,1-2H3. The summed E-state index contributed by atoms with van der Waals surface area (Å²) in [6.07, 6.45) is 4.58. The molecule has 0 saturated carbocycles. The van der Waals surface area contributed by atoms with Crippen molar-refractivity contribution in [3.05, 3.63) is 24.3 Å². The van der Waals surface area contributed by atoms with Gasteiger partial charge in [0.1, 0.15) is 11.7 Å². The Labute approximate surface area is 120 Å². The molecule has 0 atom stereocenters. The highest BCUT2D eigenvalue weighted by atomic mass is 15.2. The van der Waals surface area contributed by atoms with Gasteiger partial charge in [0, 0.05) is 40.0 Å². The van der Waals surface area contributed by atoms with Crippen molar-refractivity contribution < 1.29 is 0 Å². The van der Waals surface area contributed by atoms with E-state index in [-0.39, 0.29) is 0 Å². The van der Waals surface area contributed by atoms with E-state index in [0.29, 0.717) is 0 Å². The van der Waals surface area contributed by atoms with E-state index in [2.05, 4.69) is 42.1 Å². The van der Waals surface area contributed by atoms with Gasteiger partial charge in [0.05, 0.1) is 11.4 Å². The third-order valence-electron chi connectivity index (χ3n) is 4.02. The van der Waals surface area contributed by atoms with Crippen LogP contribution in [0, 0.1) is 0 Å². The number of aliphatic imine (C=N–C) groups is 2. The van der Waals surface area contributed by atoms with Gasteiger partial charge >= 0.3 is 0 Å². The van der Waals surface area contributed by atoms with Crippen LogP contribution >= 0.6 is 0 Å². The first kappa shape index (κ1) is 13.2. The lowest BCUT2D eigenvalue weighted by molar-refractivity contribution is 0.550. The molecule has 2 fully saturated rings. The normalized spacial score (nSPS) is 23.3. The van der Waals surface area contributed by atoms with Crippen LogP contribution < -0.4 is 0 Å². The molecule has 4 nitrogen and oxygen atoms in total. The average Bonchev–Trinajstić information content (AvgIpc) is 3.01. The molecule has 2 heterocycles. The molecule has 0 aromatic heterocycles. The summed E-state index contributed by atoms with van der Waals surface area (Å²) in [4.78, 5) is 14.0. The molecule has 0 amide bonds. The molecule has 2 saturated heterocycles. The summed E-state index contributed by atoms with van der Waals surface area (Å²) in [7, 11) is 4.23. The molecule has 0 radical (unpaired) electrons. The molecule has 3 rings (SSSR count). The van der Waals surface area contributed by atoms with Crippen LogP contribution in [0.3, 0.4) is 0 Å². The van der Waals surface area contributed by atoms with E-state index in [0.717, 1.165) is 37.3 Å². The van der Waals surface area contributed by atoms with Crippen LogP contribution in [0.2, 0.25) is 0 Å². The van der Waals surface area contributed by atoms with E-state index >= 15 is 0 Å². The summed E-state index contributed by atoms with van der Waals surface area (Å²) in [5.74, 6) is 2.38. The van der Waals surface area contributed by atoms with Gasteiger partial charge in [-0.3, -0.25) is 0 Å². The van der Waals surface area contributed by atoms with Gasteiger partial charge in [-0.25, -0.2) is 9.98 Å². The zero-order chi connectivity index (χ0) is 13.9. The Balaban J connectivity index is 1.83. The van der Waals surface area contributed by atoms with Crippen LogP contribution in [0.25, 0.3) is 0 Å². The van der Waals surface area contributed by atoms with E-state index in [1.165, 1.54) is 24.5 Å². The molecular weight excluding hydrogens is 248 g/mol. The number of rotatable bonds is 2. The Hall–Kier alpha value is -1.84. The Morgan fingerprint density at radius 1 is 0.850 bits per heavy atom. The fraction of sp³-hybridized carbons (Fsp3) is 0.500. The molecule has 0 N–H and O–H groups in total. The summed E-state index contributed by atoms with van der Waals surface area (Å²) < 4.78 is 0. The fourth-order valence-corrected chi connectivity index (χ4v) is 2.80. The van der Waals surface area contributed by atoms with Crippen LogP contribution in [0.5, 0.6) is 0 Å². The number of benzene rings is 1. The van der Waals surface area contributed by atoms with Gasteiger partial charge in [0.15, 0.2) is 0 Å². The van der Waals surface area contributed by atoms with Gasteiger partial charge in [0.2, 0.25) is 0 Å². The predicted molar refractivity (Wildman–Crippen MR) is 84.4 cm³/mol. The van der Waals surface area contributed by atoms with Gasteiger partial charge in [-0.1, -0.05) is 6.07 Å². The lowest BCUT2D eigenvalue weighted by Gasteiger charge is -2.12. The number of nitrogens with zero attached hydrogens (tertiary/aromatic N) is 4. The van der Waals surface area contributed by atoms with Crippen LogP contribution in [0.4, 0.5) is 11.4 Å². The highest BCUT2D eigenvalue weighted by Gasteiger charge is 2.15. The van der Waals surface area contributed by atoms with Crippen molar-refractivity contribution in [3.63, 3.8) is 0 Å². The van der Waals surface area contributed by atoms with Crippen molar-refractivity contribution >= 4 is 23.0 Å². The minimum atomic E-state index is 1.01.